The van der Waals surface area contributed by atoms with Crippen molar-refractivity contribution in [2.45, 2.75) is 6.54 Å². The first-order chi connectivity index (χ1) is 7.38. The molecule has 0 aliphatic rings. The highest BCUT2D eigenvalue weighted by atomic mass is 16.5. The molecular formula is C9H11N5O. The van der Waals surface area contributed by atoms with Gasteiger partial charge >= 0.3 is 0 Å². The van der Waals surface area contributed by atoms with Crippen molar-refractivity contribution in [3.05, 3.63) is 30.4 Å². The van der Waals surface area contributed by atoms with Crippen LogP contribution >= 0.6 is 0 Å². The smallest absolute Gasteiger partial charge is 0.218 e. The highest BCUT2D eigenvalue weighted by molar-refractivity contribution is 5.37. The van der Waals surface area contributed by atoms with Crippen molar-refractivity contribution in [1.82, 2.24) is 20.2 Å². The summed E-state index contributed by atoms with van der Waals surface area (Å²) in [6.45, 7) is 0.639. The quantitative estimate of drug-likeness (QED) is 0.772. The zero-order chi connectivity index (χ0) is 10.5. The summed E-state index contributed by atoms with van der Waals surface area (Å²) < 4.78 is 4.98. The van der Waals surface area contributed by atoms with Crippen LogP contribution in [0.3, 0.4) is 0 Å². The van der Waals surface area contributed by atoms with Crippen LogP contribution in [0.2, 0.25) is 0 Å². The van der Waals surface area contributed by atoms with E-state index >= 15 is 0 Å². The van der Waals surface area contributed by atoms with E-state index in [1.54, 1.807) is 19.4 Å². The highest BCUT2D eigenvalue weighted by Crippen LogP contribution is 2.10. The van der Waals surface area contributed by atoms with Gasteiger partial charge in [-0.2, -0.15) is 5.10 Å². The van der Waals surface area contributed by atoms with Gasteiger partial charge in [-0.25, -0.2) is 9.97 Å². The molecule has 2 N–H and O–H groups in total. The molecule has 0 aromatic carbocycles. The van der Waals surface area contributed by atoms with Gasteiger partial charge in [-0.05, 0) is 6.07 Å². The van der Waals surface area contributed by atoms with Crippen LogP contribution in [0.5, 0.6) is 5.88 Å². The molecule has 2 rings (SSSR count). The summed E-state index contributed by atoms with van der Waals surface area (Å²) in [5.41, 5.74) is 0.993. The molecule has 2 aromatic heterocycles. The van der Waals surface area contributed by atoms with Crippen molar-refractivity contribution in [3.63, 3.8) is 0 Å². The maximum atomic E-state index is 4.98. The molecule has 0 unspecified atom stereocenters. The second-order valence-corrected chi connectivity index (χ2v) is 2.88. The van der Waals surface area contributed by atoms with Crippen molar-refractivity contribution in [2.75, 3.05) is 12.4 Å². The molecule has 2 aromatic rings. The predicted molar refractivity (Wildman–Crippen MR) is 54.5 cm³/mol. The number of aromatic amines is 1. The fraction of sp³-hybridized carbons (Fsp3) is 0.222. The standard InChI is InChI=1S/C9H11N5O/c1-15-9-4-8(11-6-12-9)10-5-7-2-3-13-14-7/h2-4,6H,5H2,1H3,(H,13,14)(H,10,11,12). The molecular weight excluding hydrogens is 194 g/mol. The van der Waals surface area contributed by atoms with Gasteiger partial charge in [0.15, 0.2) is 0 Å². The summed E-state index contributed by atoms with van der Waals surface area (Å²) in [5.74, 6) is 1.26. The van der Waals surface area contributed by atoms with Crippen LogP contribution in [0.15, 0.2) is 24.7 Å². The number of nitrogens with one attached hydrogen (secondary N) is 2. The second-order valence-electron chi connectivity index (χ2n) is 2.88. The Bertz CT molecular complexity index is 414. The van der Waals surface area contributed by atoms with Crippen LogP contribution in [-0.2, 0) is 6.54 Å². The lowest BCUT2D eigenvalue weighted by Gasteiger charge is -2.04. The van der Waals surface area contributed by atoms with Gasteiger partial charge in [0.2, 0.25) is 5.88 Å². The van der Waals surface area contributed by atoms with E-state index in [-0.39, 0.29) is 0 Å². The SMILES string of the molecule is COc1cc(NCc2ccn[nH]2)ncn1. The van der Waals surface area contributed by atoms with Crippen LogP contribution < -0.4 is 10.1 Å². The van der Waals surface area contributed by atoms with E-state index in [2.05, 4.69) is 25.5 Å². The average Bonchev–Trinajstić information content (AvgIpc) is 2.79. The molecule has 0 aliphatic carbocycles. The van der Waals surface area contributed by atoms with E-state index in [4.69, 9.17) is 4.74 Å². The number of hydrogen-bond acceptors (Lipinski definition) is 5. The fourth-order valence-electron chi connectivity index (χ4n) is 1.12. The lowest BCUT2D eigenvalue weighted by molar-refractivity contribution is 0.397. The summed E-state index contributed by atoms with van der Waals surface area (Å²) in [7, 11) is 1.57. The number of rotatable bonds is 4. The van der Waals surface area contributed by atoms with Crippen LogP contribution in [0.25, 0.3) is 0 Å². The molecule has 6 nitrogen and oxygen atoms in total. The molecule has 6 heteroatoms. The minimum absolute atomic E-state index is 0.539. The minimum atomic E-state index is 0.539. The number of H-pyrrole nitrogens is 1. The maximum absolute atomic E-state index is 4.98. The second kappa shape index (κ2) is 4.41. The lowest BCUT2D eigenvalue weighted by Crippen LogP contribution is -2.02. The third-order valence-electron chi connectivity index (χ3n) is 1.87. The molecule has 0 fully saturated rings. The Kier molecular flexibility index (Phi) is 2.77. The first-order valence-electron chi connectivity index (χ1n) is 4.46. The molecule has 0 bridgehead atoms. The number of ether oxygens (including phenoxy) is 1. The maximum Gasteiger partial charge on any atom is 0.218 e. The van der Waals surface area contributed by atoms with Gasteiger partial charge in [-0.3, -0.25) is 5.10 Å². The Balaban J connectivity index is 1.98. The zero-order valence-corrected chi connectivity index (χ0v) is 8.27. The van der Waals surface area contributed by atoms with E-state index in [0.29, 0.717) is 12.4 Å². The van der Waals surface area contributed by atoms with Crippen LogP contribution in [-0.4, -0.2) is 27.3 Å². The van der Waals surface area contributed by atoms with Gasteiger partial charge in [-0.15, -0.1) is 0 Å². The molecule has 2 heterocycles. The largest absolute Gasteiger partial charge is 0.481 e. The Morgan fingerprint density at radius 3 is 3.13 bits per heavy atom. The van der Waals surface area contributed by atoms with Crippen LogP contribution in [0, 0.1) is 0 Å². The molecule has 0 atom stereocenters. The van der Waals surface area contributed by atoms with Gasteiger partial charge in [0, 0.05) is 12.3 Å². The van der Waals surface area contributed by atoms with Gasteiger partial charge in [0.1, 0.15) is 12.1 Å². The van der Waals surface area contributed by atoms with Gasteiger partial charge < -0.3 is 10.1 Å². The molecule has 0 saturated heterocycles. The number of anilines is 1. The number of hydrogen-bond donors (Lipinski definition) is 2. The third-order valence-corrected chi connectivity index (χ3v) is 1.87. The van der Waals surface area contributed by atoms with E-state index in [9.17, 15) is 0 Å². The summed E-state index contributed by atoms with van der Waals surface area (Å²) in [5, 5.41) is 9.81. The fourth-order valence-corrected chi connectivity index (χ4v) is 1.12. The first-order valence-corrected chi connectivity index (χ1v) is 4.46. The lowest BCUT2D eigenvalue weighted by atomic mass is 10.4. The molecule has 15 heavy (non-hydrogen) atoms. The molecule has 0 amide bonds. The van der Waals surface area contributed by atoms with Gasteiger partial charge in [0.05, 0.1) is 19.3 Å². The average molecular weight is 205 g/mol. The normalized spacial score (nSPS) is 9.93. The molecule has 0 saturated carbocycles. The zero-order valence-electron chi connectivity index (χ0n) is 8.27. The number of nitrogens with zero attached hydrogens (tertiary/aromatic N) is 3. The minimum Gasteiger partial charge on any atom is -0.481 e. The van der Waals surface area contributed by atoms with E-state index in [1.165, 1.54) is 6.33 Å². The number of aromatic nitrogens is 4. The topological polar surface area (TPSA) is 75.7 Å². The summed E-state index contributed by atoms with van der Waals surface area (Å²) >= 11 is 0. The summed E-state index contributed by atoms with van der Waals surface area (Å²) in [6.07, 6.45) is 3.16. The van der Waals surface area contributed by atoms with Crippen molar-refractivity contribution in [1.29, 1.82) is 0 Å². The monoisotopic (exact) mass is 205 g/mol. The van der Waals surface area contributed by atoms with E-state index < -0.39 is 0 Å². The third kappa shape index (κ3) is 2.43. The van der Waals surface area contributed by atoms with Crippen molar-refractivity contribution >= 4 is 5.82 Å². The van der Waals surface area contributed by atoms with Crippen molar-refractivity contribution in [2.24, 2.45) is 0 Å². The Morgan fingerprint density at radius 2 is 2.40 bits per heavy atom. The molecule has 0 spiro atoms. The van der Waals surface area contributed by atoms with Crippen molar-refractivity contribution in [3.8, 4) is 5.88 Å². The Hall–Kier alpha value is -2.11. The van der Waals surface area contributed by atoms with Gasteiger partial charge in [0.25, 0.3) is 0 Å². The predicted octanol–water partition coefficient (Wildman–Crippen LogP) is 0.820. The van der Waals surface area contributed by atoms with E-state index in [0.717, 1.165) is 11.5 Å². The number of methoxy groups -OCH3 is 1. The summed E-state index contributed by atoms with van der Waals surface area (Å²) in [6, 6.07) is 3.63. The molecule has 0 aliphatic heterocycles. The molecule has 0 radical (unpaired) electrons. The highest BCUT2D eigenvalue weighted by Gasteiger charge is 1.98. The van der Waals surface area contributed by atoms with Crippen molar-refractivity contribution < 1.29 is 4.74 Å². The van der Waals surface area contributed by atoms with Crippen LogP contribution in [0.1, 0.15) is 5.69 Å². The Morgan fingerprint density at radius 1 is 1.47 bits per heavy atom. The first kappa shape index (κ1) is 9.45. The summed E-state index contributed by atoms with van der Waals surface area (Å²) in [4.78, 5) is 7.96. The Labute approximate surface area is 86.7 Å². The van der Waals surface area contributed by atoms with Crippen LogP contribution in [0.4, 0.5) is 5.82 Å². The van der Waals surface area contributed by atoms with E-state index in [1.807, 2.05) is 6.07 Å². The van der Waals surface area contributed by atoms with Gasteiger partial charge in [-0.1, -0.05) is 0 Å². The molecule has 78 valence electrons.